The number of pyridine rings is 2. The van der Waals surface area contributed by atoms with Crippen LogP contribution >= 0.6 is 0 Å². The number of aliphatic hydroxyl groups excluding tert-OH is 1. The number of likely N-dealkylation sites (N-methyl/N-ethyl adjacent to an activating group) is 1. The molecule has 0 bridgehead atoms. The van der Waals surface area contributed by atoms with Gasteiger partial charge in [0.15, 0.2) is 0 Å². The number of aliphatic hydroxyl groups is 1. The molecule has 0 amide bonds. The van der Waals surface area contributed by atoms with E-state index in [-0.39, 0.29) is 17.7 Å². The van der Waals surface area contributed by atoms with Crippen molar-refractivity contribution in [1.82, 2.24) is 24.4 Å². The maximum absolute atomic E-state index is 13.9. The molecule has 9 heteroatoms. The molecule has 1 aliphatic carbocycles. The lowest BCUT2D eigenvalue weighted by molar-refractivity contribution is 0.111. The van der Waals surface area contributed by atoms with E-state index in [0.29, 0.717) is 30.0 Å². The number of piperazine rings is 1. The summed E-state index contributed by atoms with van der Waals surface area (Å²) in [7, 11) is 2.13. The molecule has 0 atom stereocenters. The molecule has 1 aliphatic heterocycles. The topological polar surface area (TPSA) is 99.4 Å². The standard InChI is InChI=1S/C25H35N7O2/c1-3-4-11-26-25-27-16-20-19-9-10-21(31-14-12-30(2)13-15-31)28-22(19)24(34)32(23(20)29-25)17-5-7-18(33)8-6-17/h9-10,16-18,33H,3-8,11-15H2,1-2H3,(H,26,27,29). The maximum Gasteiger partial charge on any atom is 0.279 e. The van der Waals surface area contributed by atoms with Crippen LogP contribution in [-0.2, 0) is 0 Å². The van der Waals surface area contributed by atoms with Gasteiger partial charge in [-0.3, -0.25) is 9.36 Å². The highest BCUT2D eigenvalue weighted by Crippen LogP contribution is 2.32. The van der Waals surface area contributed by atoms with E-state index in [1.807, 2.05) is 22.9 Å². The summed E-state index contributed by atoms with van der Waals surface area (Å²) in [6.45, 7) is 6.70. The van der Waals surface area contributed by atoms with Gasteiger partial charge in [-0.05, 0) is 51.3 Å². The summed E-state index contributed by atoms with van der Waals surface area (Å²) < 4.78 is 1.83. The van der Waals surface area contributed by atoms with Crippen molar-refractivity contribution in [3.63, 3.8) is 0 Å². The molecule has 2 fully saturated rings. The van der Waals surface area contributed by atoms with Gasteiger partial charge in [0.2, 0.25) is 5.95 Å². The molecule has 1 saturated heterocycles. The Labute approximate surface area is 199 Å². The molecule has 0 unspecified atom stereocenters. The zero-order chi connectivity index (χ0) is 23.7. The van der Waals surface area contributed by atoms with Crippen molar-refractivity contribution in [1.29, 1.82) is 0 Å². The van der Waals surface area contributed by atoms with E-state index in [9.17, 15) is 9.90 Å². The fourth-order valence-electron chi connectivity index (χ4n) is 5.11. The molecule has 3 aromatic rings. The van der Waals surface area contributed by atoms with E-state index in [1.54, 1.807) is 0 Å². The van der Waals surface area contributed by atoms with Crippen molar-refractivity contribution in [2.24, 2.45) is 0 Å². The Morgan fingerprint density at radius 3 is 2.56 bits per heavy atom. The fourth-order valence-corrected chi connectivity index (χ4v) is 5.11. The van der Waals surface area contributed by atoms with Crippen LogP contribution < -0.4 is 15.8 Å². The molecule has 182 valence electrons. The van der Waals surface area contributed by atoms with Crippen LogP contribution in [0.3, 0.4) is 0 Å². The summed E-state index contributed by atoms with van der Waals surface area (Å²) in [6, 6.07) is 4.01. The molecule has 2 N–H and O–H groups in total. The van der Waals surface area contributed by atoms with Crippen molar-refractivity contribution in [3.8, 4) is 0 Å². The second kappa shape index (κ2) is 9.84. The summed E-state index contributed by atoms with van der Waals surface area (Å²) in [4.78, 5) is 32.7. The SMILES string of the molecule is CCCCNc1ncc2c3ccc(N4CCN(C)CC4)nc3c(=O)n(C3CCC(O)CC3)c2n1. The molecule has 5 rings (SSSR count). The number of hydrogen-bond acceptors (Lipinski definition) is 8. The van der Waals surface area contributed by atoms with Crippen molar-refractivity contribution in [2.45, 2.75) is 57.6 Å². The minimum absolute atomic E-state index is 0.00437. The Morgan fingerprint density at radius 2 is 1.82 bits per heavy atom. The molecule has 34 heavy (non-hydrogen) atoms. The van der Waals surface area contributed by atoms with Gasteiger partial charge in [0.25, 0.3) is 5.56 Å². The van der Waals surface area contributed by atoms with Crippen LogP contribution in [0.1, 0.15) is 51.5 Å². The van der Waals surface area contributed by atoms with Crippen LogP contribution in [0, 0.1) is 0 Å². The number of unbranched alkanes of at least 4 members (excludes halogenated alkanes) is 1. The number of hydrogen-bond donors (Lipinski definition) is 2. The summed E-state index contributed by atoms with van der Waals surface area (Å²) in [5, 5.41) is 15.0. The van der Waals surface area contributed by atoms with Crippen molar-refractivity contribution in [2.75, 3.05) is 50.0 Å². The van der Waals surface area contributed by atoms with Crippen LogP contribution in [0.4, 0.5) is 11.8 Å². The van der Waals surface area contributed by atoms with E-state index in [1.165, 1.54) is 0 Å². The van der Waals surface area contributed by atoms with Gasteiger partial charge in [-0.15, -0.1) is 0 Å². The van der Waals surface area contributed by atoms with E-state index >= 15 is 0 Å². The lowest BCUT2D eigenvalue weighted by Gasteiger charge is -2.33. The Balaban J connectivity index is 1.63. The number of fused-ring (bicyclic) bond motifs is 3. The summed E-state index contributed by atoms with van der Waals surface area (Å²) in [6.07, 6.45) is 6.54. The predicted octanol–water partition coefficient (Wildman–Crippen LogP) is 2.78. The molecule has 0 spiro atoms. The quantitative estimate of drug-likeness (QED) is 0.424. The van der Waals surface area contributed by atoms with Crippen LogP contribution in [0.5, 0.6) is 0 Å². The van der Waals surface area contributed by atoms with Gasteiger partial charge < -0.3 is 20.2 Å². The number of rotatable bonds is 6. The van der Waals surface area contributed by atoms with Crippen molar-refractivity contribution < 1.29 is 5.11 Å². The van der Waals surface area contributed by atoms with Gasteiger partial charge in [0, 0.05) is 55.7 Å². The van der Waals surface area contributed by atoms with Gasteiger partial charge in [-0.2, -0.15) is 4.98 Å². The average molecular weight is 466 g/mol. The van der Waals surface area contributed by atoms with Crippen molar-refractivity contribution in [3.05, 3.63) is 28.7 Å². The molecule has 1 saturated carbocycles. The first kappa shape index (κ1) is 23.0. The number of nitrogens with zero attached hydrogens (tertiary/aromatic N) is 6. The summed E-state index contributed by atoms with van der Waals surface area (Å²) in [5.41, 5.74) is 1.03. The third-order valence-corrected chi connectivity index (χ3v) is 7.26. The smallest absolute Gasteiger partial charge is 0.279 e. The molecule has 0 aromatic carbocycles. The van der Waals surface area contributed by atoms with E-state index < -0.39 is 0 Å². The lowest BCUT2D eigenvalue weighted by atomic mass is 9.92. The first-order valence-corrected chi connectivity index (χ1v) is 12.6. The highest BCUT2D eigenvalue weighted by atomic mass is 16.3. The molecule has 0 radical (unpaired) electrons. The first-order valence-electron chi connectivity index (χ1n) is 12.6. The van der Waals surface area contributed by atoms with E-state index in [0.717, 1.165) is 75.0 Å². The number of nitrogens with one attached hydrogen (secondary N) is 1. The minimum atomic E-state index is -0.290. The molecule has 3 aromatic heterocycles. The molecule has 2 aliphatic rings. The zero-order valence-corrected chi connectivity index (χ0v) is 20.2. The maximum atomic E-state index is 13.9. The third-order valence-electron chi connectivity index (χ3n) is 7.26. The Bertz CT molecular complexity index is 1210. The van der Waals surface area contributed by atoms with Crippen molar-refractivity contribution >= 4 is 33.7 Å². The fraction of sp³-hybridized carbons (Fsp3) is 0.600. The Morgan fingerprint density at radius 1 is 1.06 bits per heavy atom. The largest absolute Gasteiger partial charge is 0.393 e. The minimum Gasteiger partial charge on any atom is -0.393 e. The Hall–Kier alpha value is -2.78. The van der Waals surface area contributed by atoms with Gasteiger partial charge in [-0.25, -0.2) is 9.97 Å². The molecular formula is C25H35N7O2. The van der Waals surface area contributed by atoms with Gasteiger partial charge in [0.1, 0.15) is 17.0 Å². The second-order valence-corrected chi connectivity index (χ2v) is 9.70. The van der Waals surface area contributed by atoms with Gasteiger partial charge in [-0.1, -0.05) is 13.3 Å². The zero-order valence-electron chi connectivity index (χ0n) is 20.2. The average Bonchev–Trinajstić information content (AvgIpc) is 2.85. The highest BCUT2D eigenvalue weighted by Gasteiger charge is 2.26. The van der Waals surface area contributed by atoms with Gasteiger partial charge in [0.05, 0.1) is 6.10 Å². The number of aromatic nitrogens is 4. The van der Waals surface area contributed by atoms with Crippen LogP contribution in [0.25, 0.3) is 21.9 Å². The van der Waals surface area contributed by atoms with Crippen LogP contribution in [0.15, 0.2) is 23.1 Å². The first-order chi connectivity index (χ1) is 16.5. The number of anilines is 2. The van der Waals surface area contributed by atoms with Gasteiger partial charge >= 0.3 is 0 Å². The lowest BCUT2D eigenvalue weighted by Crippen LogP contribution is -2.44. The molecule has 9 nitrogen and oxygen atoms in total. The van der Waals surface area contributed by atoms with Crippen LogP contribution in [0.2, 0.25) is 0 Å². The van der Waals surface area contributed by atoms with E-state index in [2.05, 4.69) is 34.1 Å². The molecular weight excluding hydrogens is 430 g/mol. The summed E-state index contributed by atoms with van der Waals surface area (Å²) in [5.74, 6) is 1.40. The normalized spacial score (nSPS) is 21.9. The second-order valence-electron chi connectivity index (χ2n) is 9.70. The highest BCUT2D eigenvalue weighted by molar-refractivity contribution is 6.03. The van der Waals surface area contributed by atoms with E-state index in [4.69, 9.17) is 9.97 Å². The summed E-state index contributed by atoms with van der Waals surface area (Å²) >= 11 is 0. The Kier molecular flexibility index (Phi) is 6.65. The molecule has 4 heterocycles. The third kappa shape index (κ3) is 4.46. The predicted molar refractivity (Wildman–Crippen MR) is 136 cm³/mol. The van der Waals surface area contributed by atoms with Crippen LogP contribution in [-0.4, -0.2) is 75.4 Å². The monoisotopic (exact) mass is 465 g/mol.